The van der Waals surface area contributed by atoms with Crippen molar-refractivity contribution in [2.75, 3.05) is 19.5 Å². The molecule has 0 fully saturated rings. The van der Waals surface area contributed by atoms with E-state index < -0.39 is 0 Å². The zero-order chi connectivity index (χ0) is 18.0. The molecule has 1 heterocycles. The molecule has 1 aliphatic rings. The molecule has 1 aliphatic heterocycles. The van der Waals surface area contributed by atoms with Gasteiger partial charge in [-0.05, 0) is 62.7 Å². The summed E-state index contributed by atoms with van der Waals surface area (Å²) in [6.07, 6.45) is 1.43. The predicted octanol–water partition coefficient (Wildman–Crippen LogP) is 4.03. The molecule has 0 saturated heterocycles. The molecule has 0 spiro atoms. The van der Waals surface area contributed by atoms with Crippen molar-refractivity contribution < 1.29 is 9.53 Å². The zero-order valence-electron chi connectivity index (χ0n) is 15.4. The average Bonchev–Trinajstić information content (AvgIpc) is 2.59. The van der Waals surface area contributed by atoms with Crippen molar-refractivity contribution in [2.45, 2.75) is 38.3 Å². The number of benzene rings is 2. The van der Waals surface area contributed by atoms with Gasteiger partial charge in [-0.3, -0.25) is 9.69 Å². The molecule has 3 rings (SSSR count). The molecule has 1 atom stereocenters. The number of carbonyl (C=O) groups is 1. The molecule has 0 aromatic heterocycles. The predicted molar refractivity (Wildman–Crippen MR) is 101 cm³/mol. The second-order valence-electron chi connectivity index (χ2n) is 7.30. The van der Waals surface area contributed by atoms with Crippen molar-refractivity contribution in [3.63, 3.8) is 0 Å². The number of rotatable bonds is 4. The van der Waals surface area contributed by atoms with Crippen LogP contribution in [-0.2, 0) is 11.2 Å². The number of carbonyl (C=O) groups excluding carboxylic acids is 1. The van der Waals surface area contributed by atoms with Crippen LogP contribution in [0.3, 0.4) is 0 Å². The van der Waals surface area contributed by atoms with E-state index in [1.54, 1.807) is 7.11 Å². The van der Waals surface area contributed by atoms with Crippen LogP contribution < -0.4 is 10.1 Å². The first-order valence-electron chi connectivity index (χ1n) is 8.65. The van der Waals surface area contributed by atoms with E-state index >= 15 is 0 Å². The number of amides is 1. The van der Waals surface area contributed by atoms with Crippen LogP contribution in [-0.4, -0.2) is 30.5 Å². The number of fused-ring (bicyclic) bond motifs is 1. The summed E-state index contributed by atoms with van der Waals surface area (Å²) in [6.45, 7) is 4.47. The summed E-state index contributed by atoms with van der Waals surface area (Å²) in [7, 11) is 3.74. The van der Waals surface area contributed by atoms with Crippen molar-refractivity contribution in [3.05, 3.63) is 59.7 Å². The fourth-order valence-corrected chi connectivity index (χ4v) is 3.55. The molecule has 1 N–H and O–H groups in total. The number of anilines is 1. The van der Waals surface area contributed by atoms with Gasteiger partial charge in [0.25, 0.3) is 0 Å². The van der Waals surface area contributed by atoms with Gasteiger partial charge < -0.3 is 10.1 Å². The molecule has 0 aliphatic carbocycles. The second-order valence-corrected chi connectivity index (χ2v) is 7.30. The van der Waals surface area contributed by atoms with Crippen LogP contribution in [0, 0.1) is 0 Å². The molecule has 132 valence electrons. The van der Waals surface area contributed by atoms with Crippen molar-refractivity contribution in [1.29, 1.82) is 0 Å². The lowest BCUT2D eigenvalue weighted by Crippen LogP contribution is -2.49. The standard InChI is InChI=1S/C21H26N2O2/c1-21(2)14-15-7-5-6-8-18(15)19(23(21)3)13-20(24)22-16-9-11-17(25-4)12-10-16/h5-12,19H,13-14H2,1-4H3,(H,22,24)/t19-/m1/s1. The number of hydrogen-bond acceptors (Lipinski definition) is 3. The highest BCUT2D eigenvalue weighted by molar-refractivity contribution is 5.91. The Morgan fingerprint density at radius 2 is 1.88 bits per heavy atom. The second kappa shape index (κ2) is 6.89. The van der Waals surface area contributed by atoms with Gasteiger partial charge in [0.15, 0.2) is 0 Å². The summed E-state index contributed by atoms with van der Waals surface area (Å²) < 4.78 is 5.15. The highest BCUT2D eigenvalue weighted by atomic mass is 16.5. The Hall–Kier alpha value is -2.33. The molecule has 2 aromatic rings. The van der Waals surface area contributed by atoms with Crippen LogP contribution in [0.15, 0.2) is 48.5 Å². The van der Waals surface area contributed by atoms with Crippen LogP contribution in [0.25, 0.3) is 0 Å². The van der Waals surface area contributed by atoms with Crippen molar-refractivity contribution in [1.82, 2.24) is 4.90 Å². The highest BCUT2D eigenvalue weighted by Crippen LogP contribution is 2.39. The van der Waals surface area contributed by atoms with Crippen LogP contribution in [0.2, 0.25) is 0 Å². The molecule has 0 radical (unpaired) electrons. The van der Waals surface area contributed by atoms with Crippen molar-refractivity contribution >= 4 is 11.6 Å². The van der Waals surface area contributed by atoms with Gasteiger partial charge in [0.05, 0.1) is 7.11 Å². The van der Waals surface area contributed by atoms with E-state index in [9.17, 15) is 4.79 Å². The Labute approximate surface area is 149 Å². The Balaban J connectivity index is 1.77. The minimum atomic E-state index is 0.0227. The van der Waals surface area contributed by atoms with Crippen LogP contribution in [0.4, 0.5) is 5.69 Å². The van der Waals surface area contributed by atoms with E-state index in [4.69, 9.17) is 4.74 Å². The topological polar surface area (TPSA) is 41.6 Å². The maximum Gasteiger partial charge on any atom is 0.226 e. The lowest BCUT2D eigenvalue weighted by molar-refractivity contribution is -0.118. The molecule has 4 heteroatoms. The molecule has 4 nitrogen and oxygen atoms in total. The third-order valence-electron chi connectivity index (χ3n) is 5.21. The number of nitrogens with one attached hydrogen (secondary N) is 1. The third kappa shape index (κ3) is 3.69. The number of likely N-dealkylation sites (N-methyl/N-ethyl adjacent to an activating group) is 1. The number of hydrogen-bond donors (Lipinski definition) is 1. The van der Waals surface area contributed by atoms with E-state index in [-0.39, 0.29) is 17.5 Å². The SMILES string of the molecule is COc1ccc(NC(=O)C[C@@H]2c3ccccc3CC(C)(C)N2C)cc1. The lowest BCUT2D eigenvalue weighted by Gasteiger charge is -2.46. The molecule has 1 amide bonds. The summed E-state index contributed by atoms with van der Waals surface area (Å²) in [5.74, 6) is 0.801. The third-order valence-corrected chi connectivity index (χ3v) is 5.21. The van der Waals surface area contributed by atoms with Gasteiger partial charge in [-0.25, -0.2) is 0 Å². The highest BCUT2D eigenvalue weighted by Gasteiger charge is 2.37. The Morgan fingerprint density at radius 3 is 2.56 bits per heavy atom. The van der Waals surface area contributed by atoms with Gasteiger partial charge in [0.2, 0.25) is 5.91 Å². The summed E-state index contributed by atoms with van der Waals surface area (Å²) in [5, 5.41) is 3.00. The molecular formula is C21H26N2O2. The van der Waals surface area contributed by atoms with E-state index in [0.29, 0.717) is 6.42 Å². The van der Waals surface area contributed by atoms with Gasteiger partial charge in [0, 0.05) is 23.7 Å². The summed E-state index contributed by atoms with van der Waals surface area (Å²) in [6, 6.07) is 16.0. The van der Waals surface area contributed by atoms with Crippen LogP contribution >= 0.6 is 0 Å². The Bertz CT molecular complexity index is 753. The fourth-order valence-electron chi connectivity index (χ4n) is 3.55. The monoisotopic (exact) mass is 338 g/mol. The molecule has 2 aromatic carbocycles. The summed E-state index contributed by atoms with van der Waals surface area (Å²) >= 11 is 0. The maximum absolute atomic E-state index is 12.6. The fraction of sp³-hybridized carbons (Fsp3) is 0.381. The minimum Gasteiger partial charge on any atom is -0.497 e. The lowest BCUT2D eigenvalue weighted by atomic mass is 9.81. The van der Waals surface area contributed by atoms with E-state index in [1.165, 1.54) is 11.1 Å². The largest absolute Gasteiger partial charge is 0.497 e. The zero-order valence-corrected chi connectivity index (χ0v) is 15.4. The minimum absolute atomic E-state index is 0.0227. The first-order chi connectivity index (χ1) is 11.9. The van der Waals surface area contributed by atoms with Crippen LogP contribution in [0.5, 0.6) is 5.75 Å². The van der Waals surface area contributed by atoms with Gasteiger partial charge in [-0.1, -0.05) is 24.3 Å². The number of methoxy groups -OCH3 is 1. The van der Waals surface area contributed by atoms with E-state index in [0.717, 1.165) is 17.9 Å². The normalized spacial score (nSPS) is 19.1. The average molecular weight is 338 g/mol. The van der Waals surface area contributed by atoms with Crippen molar-refractivity contribution in [2.24, 2.45) is 0 Å². The molecule has 25 heavy (non-hydrogen) atoms. The van der Waals surface area contributed by atoms with Gasteiger partial charge >= 0.3 is 0 Å². The quantitative estimate of drug-likeness (QED) is 0.915. The van der Waals surface area contributed by atoms with Gasteiger partial charge in [0.1, 0.15) is 5.75 Å². The molecular weight excluding hydrogens is 312 g/mol. The van der Waals surface area contributed by atoms with E-state index in [2.05, 4.69) is 55.4 Å². The summed E-state index contributed by atoms with van der Waals surface area (Å²) in [5.41, 5.74) is 3.42. The molecule has 0 unspecified atom stereocenters. The summed E-state index contributed by atoms with van der Waals surface area (Å²) in [4.78, 5) is 15.0. The smallest absolute Gasteiger partial charge is 0.226 e. The molecule has 0 bridgehead atoms. The first-order valence-corrected chi connectivity index (χ1v) is 8.65. The van der Waals surface area contributed by atoms with Gasteiger partial charge in [-0.15, -0.1) is 0 Å². The van der Waals surface area contributed by atoms with E-state index in [1.807, 2.05) is 24.3 Å². The van der Waals surface area contributed by atoms with Crippen LogP contribution in [0.1, 0.15) is 37.4 Å². The van der Waals surface area contributed by atoms with Gasteiger partial charge in [-0.2, -0.15) is 0 Å². The Kier molecular flexibility index (Phi) is 4.82. The number of ether oxygens (including phenoxy) is 1. The first kappa shape index (κ1) is 17.5. The number of nitrogens with zero attached hydrogens (tertiary/aromatic N) is 1. The molecule has 0 saturated carbocycles. The maximum atomic E-state index is 12.6. The Morgan fingerprint density at radius 1 is 1.20 bits per heavy atom. The van der Waals surface area contributed by atoms with Crippen molar-refractivity contribution in [3.8, 4) is 5.75 Å².